The van der Waals surface area contributed by atoms with E-state index in [0.29, 0.717) is 4.88 Å². The summed E-state index contributed by atoms with van der Waals surface area (Å²) >= 11 is 1.16. The average Bonchev–Trinajstić information content (AvgIpc) is 2.92. The molecule has 2 nitrogen and oxygen atoms in total. The molecule has 94 valence electrons. The molecule has 2 rings (SSSR count). The minimum Gasteiger partial charge on any atom is -0.287 e. The first kappa shape index (κ1) is 13.1. The van der Waals surface area contributed by atoms with Crippen LogP contribution in [0, 0.1) is 23.0 Å². The number of Topliss-reactive ketones (excluding diaryl/α,β-unsaturated/α-hetero) is 1. The molecule has 0 N–H and O–H groups in total. The van der Waals surface area contributed by atoms with Gasteiger partial charge in [-0.25, -0.2) is 8.78 Å². The summed E-state index contributed by atoms with van der Waals surface area (Å²) in [5.41, 5.74) is -0.685. The van der Waals surface area contributed by atoms with Gasteiger partial charge in [-0.2, -0.15) is 5.26 Å². The molecule has 0 aliphatic rings. The summed E-state index contributed by atoms with van der Waals surface area (Å²) in [4.78, 5) is 12.3. The highest BCUT2D eigenvalue weighted by Crippen LogP contribution is 2.19. The Morgan fingerprint density at radius 2 is 1.89 bits per heavy atom. The number of allylic oxidation sites excluding steroid dienone is 1. The fraction of sp³-hybridized carbons (Fsp3) is 0. The van der Waals surface area contributed by atoms with Crippen molar-refractivity contribution in [1.82, 2.24) is 0 Å². The number of halogens is 2. The average molecular weight is 275 g/mol. The lowest BCUT2D eigenvalue weighted by Crippen LogP contribution is -2.00. The van der Waals surface area contributed by atoms with Gasteiger partial charge >= 0.3 is 0 Å². The van der Waals surface area contributed by atoms with Crippen molar-refractivity contribution >= 4 is 23.2 Å². The van der Waals surface area contributed by atoms with Crippen LogP contribution in [-0.4, -0.2) is 5.78 Å². The molecule has 0 spiro atoms. The Bertz CT molecular complexity index is 664. The lowest BCUT2D eigenvalue weighted by atomic mass is 10.1. The molecule has 0 atom stereocenters. The van der Waals surface area contributed by atoms with Crippen molar-refractivity contribution in [3.05, 3.63) is 63.4 Å². The Labute approximate surface area is 112 Å². The SMILES string of the molecule is N#C/C(=C\c1c(F)cccc1F)C(=O)c1cccs1. The normalized spacial score (nSPS) is 11.1. The largest absolute Gasteiger partial charge is 0.287 e. The van der Waals surface area contributed by atoms with Gasteiger partial charge in [0.05, 0.1) is 4.88 Å². The molecule has 0 saturated heterocycles. The highest BCUT2D eigenvalue weighted by Gasteiger charge is 2.15. The molecule has 5 heteroatoms. The van der Waals surface area contributed by atoms with Crippen molar-refractivity contribution < 1.29 is 13.6 Å². The fourth-order valence-corrected chi connectivity index (χ4v) is 2.16. The first-order chi connectivity index (χ1) is 9.13. The van der Waals surface area contributed by atoms with Crippen LogP contribution in [0.15, 0.2) is 41.3 Å². The minimum absolute atomic E-state index is 0.300. The topological polar surface area (TPSA) is 40.9 Å². The molecule has 0 bridgehead atoms. The number of hydrogen-bond donors (Lipinski definition) is 0. The third-order valence-electron chi connectivity index (χ3n) is 2.40. The van der Waals surface area contributed by atoms with E-state index < -0.39 is 17.4 Å². The van der Waals surface area contributed by atoms with E-state index in [2.05, 4.69) is 0 Å². The van der Waals surface area contributed by atoms with Crippen LogP contribution in [0.25, 0.3) is 6.08 Å². The van der Waals surface area contributed by atoms with Crippen molar-refractivity contribution in [3.8, 4) is 6.07 Å². The van der Waals surface area contributed by atoms with Crippen LogP contribution in [0.3, 0.4) is 0 Å². The van der Waals surface area contributed by atoms with E-state index >= 15 is 0 Å². The van der Waals surface area contributed by atoms with Crippen molar-refractivity contribution in [2.75, 3.05) is 0 Å². The summed E-state index contributed by atoms with van der Waals surface area (Å²) in [6.45, 7) is 0. The first-order valence-electron chi connectivity index (χ1n) is 5.27. The Morgan fingerprint density at radius 1 is 1.21 bits per heavy atom. The molecule has 1 aromatic heterocycles. The standard InChI is InChI=1S/C14H7F2NOS/c15-11-3-1-4-12(16)10(11)7-9(8-17)14(18)13-5-2-6-19-13/h1-7H/b9-7+. The van der Waals surface area contributed by atoms with Crippen molar-refractivity contribution in [2.45, 2.75) is 0 Å². The highest BCUT2D eigenvalue weighted by molar-refractivity contribution is 7.12. The Balaban J connectivity index is 2.46. The van der Waals surface area contributed by atoms with Crippen LogP contribution >= 0.6 is 11.3 Å². The van der Waals surface area contributed by atoms with Gasteiger partial charge in [-0.05, 0) is 29.7 Å². The number of thiophene rings is 1. The number of ketones is 1. The number of carbonyl (C=O) groups is 1. The molecule has 0 aliphatic heterocycles. The van der Waals surface area contributed by atoms with Gasteiger partial charge in [0.25, 0.3) is 0 Å². The number of nitriles is 1. The zero-order valence-electron chi connectivity index (χ0n) is 9.56. The van der Waals surface area contributed by atoms with E-state index in [1.54, 1.807) is 23.6 Å². The number of benzene rings is 1. The van der Waals surface area contributed by atoms with E-state index in [1.807, 2.05) is 0 Å². The quantitative estimate of drug-likeness (QED) is 0.485. The molecule has 1 aromatic carbocycles. The number of carbonyl (C=O) groups excluding carboxylic acids is 1. The van der Waals surface area contributed by atoms with Gasteiger partial charge in [-0.15, -0.1) is 11.3 Å². The van der Waals surface area contributed by atoms with Crippen LogP contribution in [0.4, 0.5) is 8.78 Å². The van der Waals surface area contributed by atoms with Gasteiger partial charge in [-0.3, -0.25) is 4.79 Å². The van der Waals surface area contributed by atoms with E-state index in [1.165, 1.54) is 6.07 Å². The third kappa shape index (κ3) is 2.75. The van der Waals surface area contributed by atoms with Gasteiger partial charge in [0, 0.05) is 5.56 Å². The van der Waals surface area contributed by atoms with Crippen LogP contribution in [0.5, 0.6) is 0 Å². The maximum Gasteiger partial charge on any atom is 0.213 e. The van der Waals surface area contributed by atoms with Gasteiger partial charge in [0.1, 0.15) is 23.3 Å². The van der Waals surface area contributed by atoms with Gasteiger partial charge in [-0.1, -0.05) is 12.1 Å². The zero-order chi connectivity index (χ0) is 13.8. The molecule has 2 aromatic rings. The molecule has 1 heterocycles. The second-order valence-corrected chi connectivity index (χ2v) is 4.56. The molecule has 0 unspecified atom stereocenters. The summed E-state index contributed by atoms with van der Waals surface area (Å²) in [6.07, 6.45) is 0.937. The highest BCUT2D eigenvalue weighted by atomic mass is 32.1. The van der Waals surface area contributed by atoms with Crippen LogP contribution in [0.1, 0.15) is 15.2 Å². The van der Waals surface area contributed by atoms with Crippen molar-refractivity contribution in [1.29, 1.82) is 5.26 Å². The summed E-state index contributed by atoms with van der Waals surface area (Å²) in [5, 5.41) is 10.6. The van der Waals surface area contributed by atoms with Crippen molar-refractivity contribution in [2.24, 2.45) is 0 Å². The van der Waals surface area contributed by atoms with E-state index in [9.17, 15) is 13.6 Å². The minimum atomic E-state index is -0.813. The third-order valence-corrected chi connectivity index (χ3v) is 3.27. The molecular formula is C14H7F2NOS. The van der Waals surface area contributed by atoms with E-state index in [4.69, 9.17) is 5.26 Å². The van der Waals surface area contributed by atoms with Crippen LogP contribution in [-0.2, 0) is 0 Å². The summed E-state index contributed by atoms with van der Waals surface area (Å²) in [6, 6.07) is 8.25. The van der Waals surface area contributed by atoms with Crippen LogP contribution in [0.2, 0.25) is 0 Å². The smallest absolute Gasteiger partial charge is 0.213 e. The maximum atomic E-state index is 13.5. The van der Waals surface area contributed by atoms with Gasteiger partial charge in [0.15, 0.2) is 0 Å². The molecule has 19 heavy (non-hydrogen) atoms. The molecule has 0 fully saturated rings. The monoisotopic (exact) mass is 275 g/mol. The Hall–Kier alpha value is -2.32. The molecular weight excluding hydrogens is 268 g/mol. The Morgan fingerprint density at radius 3 is 2.42 bits per heavy atom. The number of rotatable bonds is 3. The lowest BCUT2D eigenvalue weighted by molar-refractivity contribution is 0.104. The first-order valence-corrected chi connectivity index (χ1v) is 6.15. The van der Waals surface area contributed by atoms with E-state index in [-0.39, 0.29) is 11.1 Å². The van der Waals surface area contributed by atoms with Gasteiger partial charge in [0.2, 0.25) is 5.78 Å². The zero-order valence-corrected chi connectivity index (χ0v) is 10.4. The molecule has 0 aliphatic carbocycles. The number of nitrogens with zero attached hydrogens (tertiary/aromatic N) is 1. The predicted molar refractivity (Wildman–Crippen MR) is 68.6 cm³/mol. The molecule has 0 amide bonds. The van der Waals surface area contributed by atoms with Crippen LogP contribution < -0.4 is 0 Å². The maximum absolute atomic E-state index is 13.5. The molecule has 0 saturated carbocycles. The molecule has 0 radical (unpaired) electrons. The van der Waals surface area contributed by atoms with E-state index in [0.717, 1.165) is 29.5 Å². The summed E-state index contributed by atoms with van der Waals surface area (Å²) in [5.74, 6) is -2.17. The summed E-state index contributed by atoms with van der Waals surface area (Å²) < 4.78 is 26.9. The predicted octanol–water partition coefficient (Wildman–Crippen LogP) is 3.82. The lowest BCUT2D eigenvalue weighted by Gasteiger charge is -2.00. The summed E-state index contributed by atoms with van der Waals surface area (Å²) in [7, 11) is 0. The second kappa shape index (κ2) is 5.55. The number of hydrogen-bond acceptors (Lipinski definition) is 3. The second-order valence-electron chi connectivity index (χ2n) is 3.61. The fourth-order valence-electron chi connectivity index (χ4n) is 1.48. The Kier molecular flexibility index (Phi) is 3.83. The van der Waals surface area contributed by atoms with Gasteiger partial charge < -0.3 is 0 Å². The van der Waals surface area contributed by atoms with Crippen molar-refractivity contribution in [3.63, 3.8) is 0 Å².